The quantitative estimate of drug-likeness (QED) is 0.624. The van der Waals surface area contributed by atoms with E-state index in [0.29, 0.717) is 41.6 Å². The summed E-state index contributed by atoms with van der Waals surface area (Å²) in [6, 6.07) is 12.9. The standard InChI is InChI=1S/C25H27N5O3/c1-17-20(24(31)28-14-18-8-4-3-5-9-18)16-27-23(29-17)21-10-6-7-13-30(21)25(32)19-11-12-22(33-2)26-15-19/h3-5,8-9,11-12,15-16,21H,6-7,10,13-14H2,1-2H3,(H,28,31)/t21-/m1/s1. The van der Waals surface area contributed by atoms with E-state index in [1.807, 2.05) is 30.3 Å². The summed E-state index contributed by atoms with van der Waals surface area (Å²) < 4.78 is 5.08. The Morgan fingerprint density at radius 1 is 1.09 bits per heavy atom. The molecule has 4 rings (SSSR count). The zero-order chi connectivity index (χ0) is 23.2. The number of piperidine rings is 1. The van der Waals surface area contributed by atoms with Crippen molar-refractivity contribution in [3.8, 4) is 5.88 Å². The summed E-state index contributed by atoms with van der Waals surface area (Å²) in [5.41, 5.74) is 2.54. The average Bonchev–Trinajstić information content (AvgIpc) is 2.87. The number of nitrogens with one attached hydrogen (secondary N) is 1. The van der Waals surface area contributed by atoms with E-state index in [2.05, 4.69) is 20.3 Å². The Labute approximate surface area is 193 Å². The van der Waals surface area contributed by atoms with Gasteiger partial charge in [0.25, 0.3) is 11.8 Å². The number of aromatic nitrogens is 3. The van der Waals surface area contributed by atoms with Gasteiger partial charge in [-0.05, 0) is 37.8 Å². The fraction of sp³-hybridized carbons (Fsp3) is 0.320. The average molecular weight is 446 g/mol. The number of methoxy groups -OCH3 is 1. The van der Waals surface area contributed by atoms with Gasteiger partial charge in [-0.25, -0.2) is 15.0 Å². The van der Waals surface area contributed by atoms with Gasteiger partial charge in [-0.2, -0.15) is 0 Å². The van der Waals surface area contributed by atoms with E-state index in [4.69, 9.17) is 4.74 Å². The van der Waals surface area contributed by atoms with Gasteiger partial charge in [-0.3, -0.25) is 9.59 Å². The third kappa shape index (κ3) is 5.16. The number of nitrogens with zero attached hydrogens (tertiary/aromatic N) is 4. The van der Waals surface area contributed by atoms with Gasteiger partial charge in [0.15, 0.2) is 5.82 Å². The van der Waals surface area contributed by atoms with Crippen molar-refractivity contribution in [3.05, 3.63) is 83.1 Å². The van der Waals surface area contributed by atoms with Gasteiger partial charge in [0.2, 0.25) is 5.88 Å². The molecule has 8 heteroatoms. The van der Waals surface area contributed by atoms with Crippen molar-refractivity contribution in [1.29, 1.82) is 0 Å². The highest BCUT2D eigenvalue weighted by Gasteiger charge is 2.31. The highest BCUT2D eigenvalue weighted by Crippen LogP contribution is 2.30. The lowest BCUT2D eigenvalue weighted by atomic mass is 10.00. The molecule has 170 valence electrons. The number of carbonyl (C=O) groups excluding carboxylic acids is 2. The van der Waals surface area contributed by atoms with Gasteiger partial charge in [-0.1, -0.05) is 30.3 Å². The largest absolute Gasteiger partial charge is 0.481 e. The van der Waals surface area contributed by atoms with Crippen LogP contribution in [0.3, 0.4) is 0 Å². The van der Waals surface area contributed by atoms with Crippen LogP contribution in [0.25, 0.3) is 0 Å². The monoisotopic (exact) mass is 445 g/mol. The lowest BCUT2D eigenvalue weighted by molar-refractivity contribution is 0.0598. The van der Waals surface area contributed by atoms with Crippen molar-refractivity contribution in [2.24, 2.45) is 0 Å². The summed E-state index contributed by atoms with van der Waals surface area (Å²) in [7, 11) is 1.54. The van der Waals surface area contributed by atoms with Crippen molar-refractivity contribution >= 4 is 11.8 Å². The molecule has 33 heavy (non-hydrogen) atoms. The van der Waals surface area contributed by atoms with E-state index in [9.17, 15) is 9.59 Å². The van der Waals surface area contributed by atoms with Crippen LogP contribution in [0.15, 0.2) is 54.9 Å². The Hall–Kier alpha value is -3.81. The first-order chi connectivity index (χ1) is 16.1. The molecule has 0 saturated carbocycles. The number of pyridine rings is 1. The normalized spacial score (nSPS) is 15.7. The Morgan fingerprint density at radius 3 is 2.61 bits per heavy atom. The molecule has 1 atom stereocenters. The first kappa shape index (κ1) is 22.4. The molecule has 0 spiro atoms. The molecule has 1 saturated heterocycles. The van der Waals surface area contributed by atoms with E-state index < -0.39 is 0 Å². The van der Waals surface area contributed by atoms with Crippen molar-refractivity contribution in [3.63, 3.8) is 0 Å². The number of likely N-dealkylation sites (tertiary alicyclic amines) is 1. The molecule has 0 radical (unpaired) electrons. The molecular formula is C25H27N5O3. The topological polar surface area (TPSA) is 97.3 Å². The molecule has 1 aliphatic rings. The fourth-order valence-corrected chi connectivity index (χ4v) is 3.98. The van der Waals surface area contributed by atoms with E-state index in [1.54, 1.807) is 30.2 Å². The minimum atomic E-state index is -0.242. The van der Waals surface area contributed by atoms with Crippen LogP contribution in [-0.4, -0.2) is 45.3 Å². The minimum absolute atomic E-state index is 0.110. The van der Waals surface area contributed by atoms with Crippen molar-refractivity contribution < 1.29 is 14.3 Å². The van der Waals surface area contributed by atoms with Crippen molar-refractivity contribution in [2.45, 2.75) is 38.8 Å². The van der Waals surface area contributed by atoms with Crippen LogP contribution in [0.4, 0.5) is 0 Å². The van der Waals surface area contributed by atoms with Crippen LogP contribution in [0.1, 0.15) is 63.1 Å². The summed E-state index contributed by atoms with van der Waals surface area (Å²) in [4.78, 5) is 40.9. The number of hydrogen-bond donors (Lipinski definition) is 1. The summed E-state index contributed by atoms with van der Waals surface area (Å²) in [6.45, 7) is 2.85. The first-order valence-corrected chi connectivity index (χ1v) is 11.0. The summed E-state index contributed by atoms with van der Waals surface area (Å²) in [6.07, 6.45) is 5.76. The van der Waals surface area contributed by atoms with E-state index >= 15 is 0 Å². The van der Waals surface area contributed by atoms with Gasteiger partial charge >= 0.3 is 0 Å². The van der Waals surface area contributed by atoms with Crippen molar-refractivity contribution in [2.75, 3.05) is 13.7 Å². The molecule has 0 unspecified atom stereocenters. The molecule has 3 heterocycles. The maximum Gasteiger partial charge on any atom is 0.256 e. The highest BCUT2D eigenvalue weighted by molar-refractivity contribution is 5.95. The lowest BCUT2D eigenvalue weighted by Gasteiger charge is -2.35. The molecule has 1 N–H and O–H groups in total. The van der Waals surface area contributed by atoms with Crippen LogP contribution in [0.5, 0.6) is 5.88 Å². The van der Waals surface area contributed by atoms with Crippen molar-refractivity contribution in [1.82, 2.24) is 25.2 Å². The van der Waals surface area contributed by atoms with Crippen LogP contribution in [0, 0.1) is 6.92 Å². The van der Waals surface area contributed by atoms with E-state index in [1.165, 1.54) is 13.3 Å². The number of amides is 2. The second-order valence-corrected chi connectivity index (χ2v) is 7.99. The third-order valence-electron chi connectivity index (χ3n) is 5.79. The molecule has 0 bridgehead atoms. The Morgan fingerprint density at radius 2 is 1.91 bits per heavy atom. The predicted octanol–water partition coefficient (Wildman–Crippen LogP) is 3.49. The molecule has 0 aliphatic carbocycles. The molecule has 1 aromatic carbocycles. The molecule has 1 aliphatic heterocycles. The van der Waals surface area contributed by atoms with Crippen LogP contribution >= 0.6 is 0 Å². The number of ether oxygens (including phenoxy) is 1. The Balaban J connectivity index is 1.49. The summed E-state index contributed by atoms with van der Waals surface area (Å²) >= 11 is 0. The maximum atomic E-state index is 13.2. The number of carbonyl (C=O) groups is 2. The van der Waals surface area contributed by atoms with Gasteiger partial charge in [0.05, 0.1) is 30.0 Å². The summed E-state index contributed by atoms with van der Waals surface area (Å²) in [5, 5.41) is 2.91. The Kier molecular flexibility index (Phi) is 6.92. The van der Waals surface area contributed by atoms with E-state index in [0.717, 1.165) is 24.8 Å². The highest BCUT2D eigenvalue weighted by atomic mass is 16.5. The second-order valence-electron chi connectivity index (χ2n) is 7.99. The molecule has 8 nitrogen and oxygen atoms in total. The van der Waals surface area contributed by atoms with Crippen LogP contribution < -0.4 is 10.1 Å². The summed E-state index contributed by atoms with van der Waals surface area (Å²) in [5.74, 6) is 0.688. The number of aryl methyl sites for hydroxylation is 1. The molecule has 1 fully saturated rings. The molecule has 3 aromatic rings. The number of benzene rings is 1. The molecule has 2 amide bonds. The fourth-order valence-electron chi connectivity index (χ4n) is 3.98. The van der Waals surface area contributed by atoms with Gasteiger partial charge in [0.1, 0.15) is 0 Å². The predicted molar refractivity (Wildman–Crippen MR) is 123 cm³/mol. The maximum absolute atomic E-state index is 13.2. The second kappa shape index (κ2) is 10.2. The third-order valence-corrected chi connectivity index (χ3v) is 5.79. The van der Waals surface area contributed by atoms with Gasteiger partial charge < -0.3 is 15.0 Å². The number of hydrogen-bond acceptors (Lipinski definition) is 6. The van der Waals surface area contributed by atoms with E-state index in [-0.39, 0.29) is 17.9 Å². The Bertz CT molecular complexity index is 1120. The SMILES string of the molecule is COc1ccc(C(=O)N2CCCC[C@@H]2c2ncc(C(=O)NCc3ccccc3)c(C)n2)cn1. The van der Waals surface area contributed by atoms with Crippen LogP contribution in [0.2, 0.25) is 0 Å². The first-order valence-electron chi connectivity index (χ1n) is 11.0. The zero-order valence-electron chi connectivity index (χ0n) is 18.8. The van der Waals surface area contributed by atoms with Crippen LogP contribution in [-0.2, 0) is 6.54 Å². The van der Waals surface area contributed by atoms with Gasteiger partial charge in [-0.15, -0.1) is 0 Å². The van der Waals surface area contributed by atoms with Gasteiger partial charge in [0, 0.05) is 31.5 Å². The number of rotatable bonds is 6. The zero-order valence-corrected chi connectivity index (χ0v) is 18.8. The lowest BCUT2D eigenvalue weighted by Crippen LogP contribution is -2.39. The minimum Gasteiger partial charge on any atom is -0.481 e. The molecule has 2 aromatic heterocycles. The smallest absolute Gasteiger partial charge is 0.256 e. The molecular weight excluding hydrogens is 418 g/mol.